The molecule has 30 heavy (non-hydrogen) atoms. The van der Waals surface area contributed by atoms with E-state index in [1.165, 1.54) is 37.8 Å². The lowest BCUT2D eigenvalue weighted by atomic mass is 9.51. The highest BCUT2D eigenvalue weighted by Gasteiger charge is 2.78. The van der Waals surface area contributed by atoms with Gasteiger partial charge in [-0.15, -0.1) is 0 Å². The predicted octanol–water partition coefficient (Wildman–Crippen LogP) is 4.90. The Morgan fingerprint density at radius 3 is 2.87 bits per heavy atom. The van der Waals surface area contributed by atoms with Crippen LogP contribution in [0, 0.1) is 40.4 Å². The molecule has 3 heterocycles. The normalized spacial score (nSPS) is 58.0. The topological polar surface area (TPSA) is 32.8 Å². The fourth-order valence-electron chi connectivity index (χ4n) is 9.70. The molecular formula is C27H35NO2. The number of carbonyl (C=O) groups excluding carboxylic acids is 1. The summed E-state index contributed by atoms with van der Waals surface area (Å²) in [5.41, 5.74) is 3.43. The molecule has 3 heteroatoms. The Bertz CT molecular complexity index is 947. The maximum atomic E-state index is 12.0. The maximum absolute atomic E-state index is 12.0. The van der Waals surface area contributed by atoms with Gasteiger partial charge in [0.15, 0.2) is 11.5 Å². The summed E-state index contributed by atoms with van der Waals surface area (Å²) in [7, 11) is 0. The number of epoxide rings is 1. The van der Waals surface area contributed by atoms with Gasteiger partial charge in [-0.3, -0.25) is 9.69 Å². The van der Waals surface area contributed by atoms with Crippen LogP contribution in [0.5, 0.6) is 0 Å². The van der Waals surface area contributed by atoms with Gasteiger partial charge in [0.05, 0.1) is 0 Å². The molecule has 7 aliphatic rings. The number of ketones is 1. The molecule has 3 aliphatic heterocycles. The average molecular weight is 406 g/mol. The molecule has 0 aromatic carbocycles. The van der Waals surface area contributed by atoms with E-state index in [4.69, 9.17) is 4.74 Å². The second kappa shape index (κ2) is 5.41. The van der Waals surface area contributed by atoms with Gasteiger partial charge in [-0.2, -0.15) is 0 Å². The van der Waals surface area contributed by atoms with E-state index in [1.807, 2.05) is 12.2 Å². The van der Waals surface area contributed by atoms with Crippen LogP contribution < -0.4 is 0 Å². The van der Waals surface area contributed by atoms with Crippen LogP contribution in [0.3, 0.4) is 0 Å². The highest BCUT2D eigenvalue weighted by atomic mass is 16.6. The molecule has 5 fully saturated rings. The minimum Gasteiger partial charge on any atom is -0.350 e. The van der Waals surface area contributed by atoms with Gasteiger partial charge in [0.2, 0.25) is 0 Å². The Kier molecular flexibility index (Phi) is 3.31. The molecule has 160 valence electrons. The zero-order valence-electron chi connectivity index (χ0n) is 18.9. The zero-order valence-corrected chi connectivity index (χ0v) is 18.9. The monoisotopic (exact) mass is 405 g/mol. The molecule has 0 radical (unpaired) electrons. The Balaban J connectivity index is 1.28. The van der Waals surface area contributed by atoms with Crippen molar-refractivity contribution in [2.45, 2.75) is 77.7 Å². The van der Waals surface area contributed by atoms with Crippen molar-refractivity contribution in [1.82, 2.24) is 4.90 Å². The SMILES string of the molecule is CC1CC2OC23C(C)C2C(CC4C5CCC6=CC(=O)C=CC6(C)C5=CCC42C)N3C1. The number of allylic oxidation sites excluding steroid dienone is 6. The van der Waals surface area contributed by atoms with Crippen LogP contribution >= 0.6 is 0 Å². The van der Waals surface area contributed by atoms with Gasteiger partial charge >= 0.3 is 0 Å². The van der Waals surface area contributed by atoms with Crippen LogP contribution in [0.1, 0.15) is 59.8 Å². The lowest BCUT2D eigenvalue weighted by molar-refractivity contribution is -0.110. The highest BCUT2D eigenvalue weighted by molar-refractivity contribution is 6.01. The number of ether oxygens (including phenoxy) is 1. The van der Waals surface area contributed by atoms with Gasteiger partial charge in [0.1, 0.15) is 6.10 Å². The van der Waals surface area contributed by atoms with Crippen molar-refractivity contribution in [3.8, 4) is 0 Å². The molecular weight excluding hydrogens is 370 g/mol. The van der Waals surface area contributed by atoms with E-state index in [2.05, 4.69) is 44.7 Å². The summed E-state index contributed by atoms with van der Waals surface area (Å²) in [5, 5.41) is 0. The van der Waals surface area contributed by atoms with Crippen molar-refractivity contribution in [2.75, 3.05) is 6.54 Å². The lowest BCUT2D eigenvalue weighted by Crippen LogP contribution is -2.49. The minimum absolute atomic E-state index is 0.0208. The van der Waals surface area contributed by atoms with E-state index >= 15 is 0 Å². The first-order chi connectivity index (χ1) is 14.3. The Hall–Kier alpha value is -1.19. The quantitative estimate of drug-likeness (QED) is 0.425. The molecule has 0 N–H and O–H groups in total. The van der Waals surface area contributed by atoms with E-state index < -0.39 is 0 Å². The number of nitrogens with zero attached hydrogens (tertiary/aromatic N) is 1. The lowest BCUT2D eigenvalue weighted by Gasteiger charge is -2.53. The van der Waals surface area contributed by atoms with Gasteiger partial charge in [-0.1, -0.05) is 44.1 Å². The van der Waals surface area contributed by atoms with Crippen molar-refractivity contribution < 1.29 is 9.53 Å². The van der Waals surface area contributed by atoms with E-state index in [1.54, 1.807) is 5.57 Å². The summed E-state index contributed by atoms with van der Waals surface area (Å²) >= 11 is 0. The van der Waals surface area contributed by atoms with E-state index in [9.17, 15) is 4.79 Å². The van der Waals surface area contributed by atoms with Gasteiger partial charge < -0.3 is 4.74 Å². The van der Waals surface area contributed by atoms with Gasteiger partial charge in [-0.05, 0) is 80.3 Å². The van der Waals surface area contributed by atoms with Crippen LogP contribution in [0.25, 0.3) is 0 Å². The third kappa shape index (κ3) is 1.91. The fourth-order valence-corrected chi connectivity index (χ4v) is 9.70. The summed E-state index contributed by atoms with van der Waals surface area (Å²) in [6.07, 6.45) is 15.2. The maximum Gasteiger partial charge on any atom is 0.178 e. The zero-order chi connectivity index (χ0) is 20.6. The van der Waals surface area contributed by atoms with Crippen molar-refractivity contribution >= 4 is 5.78 Å². The van der Waals surface area contributed by atoms with Gasteiger partial charge in [-0.25, -0.2) is 0 Å². The molecule has 3 saturated heterocycles. The van der Waals surface area contributed by atoms with Gasteiger partial charge in [0, 0.05) is 23.9 Å². The summed E-state index contributed by atoms with van der Waals surface area (Å²) in [5.74, 6) is 3.78. The third-order valence-corrected chi connectivity index (χ3v) is 11.0. The number of piperidine rings is 1. The summed E-state index contributed by atoms with van der Waals surface area (Å²) < 4.78 is 6.50. The molecule has 0 aromatic rings. The number of fused-ring (bicyclic) bond motifs is 8. The van der Waals surface area contributed by atoms with Crippen LogP contribution in [0.4, 0.5) is 0 Å². The largest absolute Gasteiger partial charge is 0.350 e. The van der Waals surface area contributed by atoms with E-state index in [-0.39, 0.29) is 16.9 Å². The Labute approximate surface area is 180 Å². The number of hydrogen-bond donors (Lipinski definition) is 0. The number of carbonyl (C=O) groups is 1. The first kappa shape index (κ1) is 18.4. The molecule has 3 nitrogen and oxygen atoms in total. The minimum atomic E-state index is -0.0208. The first-order valence-corrected chi connectivity index (χ1v) is 12.4. The molecule has 2 saturated carbocycles. The molecule has 0 aromatic heterocycles. The number of hydrogen-bond acceptors (Lipinski definition) is 3. The van der Waals surface area contributed by atoms with E-state index in [0.717, 1.165) is 24.2 Å². The Morgan fingerprint density at radius 2 is 2.03 bits per heavy atom. The third-order valence-electron chi connectivity index (χ3n) is 11.0. The highest BCUT2D eigenvalue weighted by Crippen LogP contribution is 2.72. The standard InChI is InChI=1S/C27H35NO2/c1-15-11-23-27(30-23)16(2)24-22(28(27)14-15)13-21-19-6-5-17-12-18(29)7-9-25(17,3)20(19)8-10-26(21,24)4/h7-9,12,15-16,19,21-24H,5-6,10-11,13-14H2,1-4H3. The second-order valence-corrected chi connectivity index (χ2v) is 12.2. The van der Waals surface area contributed by atoms with Crippen molar-refractivity contribution in [1.29, 1.82) is 0 Å². The van der Waals surface area contributed by atoms with Crippen LogP contribution in [-0.2, 0) is 9.53 Å². The molecule has 4 aliphatic carbocycles. The molecule has 0 bridgehead atoms. The second-order valence-electron chi connectivity index (χ2n) is 12.2. The van der Waals surface area contributed by atoms with Crippen LogP contribution in [0.15, 0.2) is 35.5 Å². The van der Waals surface area contributed by atoms with Crippen molar-refractivity contribution in [3.63, 3.8) is 0 Å². The number of rotatable bonds is 0. The fraction of sp³-hybridized carbons (Fsp3) is 0.741. The smallest absolute Gasteiger partial charge is 0.178 e. The molecule has 1 spiro atoms. The molecule has 7 rings (SSSR count). The van der Waals surface area contributed by atoms with E-state index in [0.29, 0.717) is 29.4 Å². The Morgan fingerprint density at radius 1 is 1.20 bits per heavy atom. The first-order valence-electron chi connectivity index (χ1n) is 12.4. The van der Waals surface area contributed by atoms with Gasteiger partial charge in [0.25, 0.3) is 0 Å². The summed E-state index contributed by atoms with van der Waals surface area (Å²) in [6.45, 7) is 11.1. The summed E-state index contributed by atoms with van der Waals surface area (Å²) in [4.78, 5) is 14.9. The van der Waals surface area contributed by atoms with Crippen molar-refractivity contribution in [2.24, 2.45) is 40.4 Å². The van der Waals surface area contributed by atoms with Crippen LogP contribution in [0.2, 0.25) is 0 Å². The molecule has 10 atom stereocenters. The van der Waals surface area contributed by atoms with Crippen LogP contribution in [-0.4, -0.2) is 35.1 Å². The van der Waals surface area contributed by atoms with Crippen molar-refractivity contribution in [3.05, 3.63) is 35.5 Å². The molecule has 10 unspecified atom stereocenters. The predicted molar refractivity (Wildman–Crippen MR) is 117 cm³/mol. The molecule has 0 amide bonds. The summed E-state index contributed by atoms with van der Waals surface area (Å²) in [6, 6.07) is 0.698. The average Bonchev–Trinajstić information content (AvgIpc) is 3.28.